The molecule has 0 radical (unpaired) electrons. The molecule has 2 rings (SSSR count). The number of amides is 1. The summed E-state index contributed by atoms with van der Waals surface area (Å²) >= 11 is 0. The van der Waals surface area contributed by atoms with E-state index in [9.17, 15) is 9.59 Å². The van der Waals surface area contributed by atoms with Gasteiger partial charge in [0, 0.05) is 32.4 Å². The first-order chi connectivity index (χ1) is 9.06. The minimum absolute atomic E-state index is 0.0335. The van der Waals surface area contributed by atoms with Gasteiger partial charge in [-0.1, -0.05) is 6.92 Å². The minimum Gasteiger partial charge on any atom is -0.334 e. The van der Waals surface area contributed by atoms with Gasteiger partial charge in [0.2, 0.25) is 0 Å². The van der Waals surface area contributed by atoms with E-state index in [-0.39, 0.29) is 23.1 Å². The molecular formula is C14H21N3O2. The van der Waals surface area contributed by atoms with E-state index in [0.29, 0.717) is 19.0 Å². The molecule has 0 spiro atoms. The van der Waals surface area contributed by atoms with Crippen LogP contribution in [-0.4, -0.2) is 34.5 Å². The van der Waals surface area contributed by atoms with E-state index in [2.05, 4.69) is 6.92 Å². The lowest BCUT2D eigenvalue weighted by atomic mass is 9.90. The van der Waals surface area contributed by atoms with Gasteiger partial charge >= 0.3 is 0 Å². The van der Waals surface area contributed by atoms with Crippen LogP contribution in [-0.2, 0) is 7.05 Å². The number of aryl methyl sites for hydroxylation is 1. The molecule has 0 unspecified atom stereocenters. The van der Waals surface area contributed by atoms with E-state index in [4.69, 9.17) is 5.73 Å². The minimum atomic E-state index is -0.249. The van der Waals surface area contributed by atoms with Crippen molar-refractivity contribution in [3.63, 3.8) is 0 Å². The Hall–Kier alpha value is -1.62. The average molecular weight is 263 g/mol. The third kappa shape index (κ3) is 2.56. The Labute approximate surface area is 113 Å². The fourth-order valence-corrected chi connectivity index (χ4v) is 2.78. The molecule has 0 aromatic carbocycles. The largest absolute Gasteiger partial charge is 0.334 e. The molecule has 1 aromatic heterocycles. The van der Waals surface area contributed by atoms with Crippen molar-refractivity contribution in [3.05, 3.63) is 34.2 Å². The molecule has 1 amide bonds. The van der Waals surface area contributed by atoms with E-state index in [1.165, 1.54) is 4.57 Å². The van der Waals surface area contributed by atoms with Crippen LogP contribution in [0, 0.1) is 5.92 Å². The quantitative estimate of drug-likeness (QED) is 0.849. The van der Waals surface area contributed by atoms with Crippen molar-refractivity contribution in [1.29, 1.82) is 0 Å². The Bertz CT molecular complexity index is 524. The molecule has 5 heteroatoms. The van der Waals surface area contributed by atoms with Gasteiger partial charge in [0.05, 0.1) is 0 Å². The molecular weight excluding hydrogens is 242 g/mol. The maximum atomic E-state index is 12.5. The van der Waals surface area contributed by atoms with Gasteiger partial charge in [0.1, 0.15) is 5.56 Å². The van der Waals surface area contributed by atoms with Crippen molar-refractivity contribution < 1.29 is 4.79 Å². The highest BCUT2D eigenvalue weighted by Gasteiger charge is 2.32. The van der Waals surface area contributed by atoms with Crippen LogP contribution in [0.2, 0.25) is 0 Å². The van der Waals surface area contributed by atoms with Crippen LogP contribution in [0.4, 0.5) is 0 Å². The van der Waals surface area contributed by atoms with Crippen LogP contribution >= 0.6 is 0 Å². The van der Waals surface area contributed by atoms with Crippen LogP contribution in [0.15, 0.2) is 23.1 Å². The van der Waals surface area contributed by atoms with Gasteiger partial charge in [-0.3, -0.25) is 9.59 Å². The smallest absolute Gasteiger partial charge is 0.263 e. The lowest BCUT2D eigenvalue weighted by Crippen LogP contribution is -2.52. The van der Waals surface area contributed by atoms with Gasteiger partial charge < -0.3 is 15.2 Å². The van der Waals surface area contributed by atoms with Gasteiger partial charge in [-0.2, -0.15) is 0 Å². The van der Waals surface area contributed by atoms with Crippen LogP contribution in [0.1, 0.15) is 30.1 Å². The summed E-state index contributed by atoms with van der Waals surface area (Å²) in [6.07, 6.45) is 3.70. The topological polar surface area (TPSA) is 68.3 Å². The summed E-state index contributed by atoms with van der Waals surface area (Å²) in [5, 5.41) is 0. The van der Waals surface area contributed by atoms with E-state index in [0.717, 1.165) is 12.8 Å². The first-order valence-electron chi connectivity index (χ1n) is 6.73. The van der Waals surface area contributed by atoms with Crippen molar-refractivity contribution in [2.24, 2.45) is 18.7 Å². The molecule has 2 atom stereocenters. The van der Waals surface area contributed by atoms with Gasteiger partial charge in [-0.05, 0) is 30.9 Å². The Morgan fingerprint density at radius 3 is 2.95 bits per heavy atom. The summed E-state index contributed by atoms with van der Waals surface area (Å²) in [6.45, 7) is 3.24. The lowest BCUT2D eigenvalue weighted by molar-refractivity contribution is 0.0530. The van der Waals surface area contributed by atoms with Crippen LogP contribution in [0.3, 0.4) is 0 Å². The summed E-state index contributed by atoms with van der Waals surface area (Å²) in [7, 11) is 1.65. The Kier molecular flexibility index (Phi) is 4.04. The van der Waals surface area contributed by atoms with Crippen molar-refractivity contribution in [2.45, 2.75) is 25.8 Å². The molecule has 0 aliphatic carbocycles. The summed E-state index contributed by atoms with van der Waals surface area (Å²) in [4.78, 5) is 26.3. The predicted octanol–water partition coefficient (Wildman–Crippen LogP) is 0.585. The second kappa shape index (κ2) is 5.57. The molecule has 19 heavy (non-hydrogen) atoms. The Morgan fingerprint density at radius 2 is 2.26 bits per heavy atom. The zero-order valence-electron chi connectivity index (χ0n) is 11.5. The van der Waals surface area contributed by atoms with E-state index in [1.54, 1.807) is 30.3 Å². The molecule has 2 heterocycles. The second-order valence-electron chi connectivity index (χ2n) is 5.26. The zero-order valence-corrected chi connectivity index (χ0v) is 11.5. The van der Waals surface area contributed by atoms with Gasteiger partial charge in [0.25, 0.3) is 11.5 Å². The number of carbonyl (C=O) groups is 1. The van der Waals surface area contributed by atoms with Gasteiger partial charge in [0.15, 0.2) is 0 Å². The SMILES string of the molecule is C[C@@H]1CCCN(C(=O)c2cccn(C)c2=O)[C@@H]1CN. The fraction of sp³-hybridized carbons (Fsp3) is 0.571. The van der Waals surface area contributed by atoms with E-state index < -0.39 is 0 Å². The van der Waals surface area contributed by atoms with Crippen LogP contribution in [0.25, 0.3) is 0 Å². The fourth-order valence-electron chi connectivity index (χ4n) is 2.78. The summed E-state index contributed by atoms with van der Waals surface area (Å²) in [6, 6.07) is 3.35. The normalized spacial score (nSPS) is 23.4. The van der Waals surface area contributed by atoms with E-state index >= 15 is 0 Å². The zero-order chi connectivity index (χ0) is 14.0. The number of aromatic nitrogens is 1. The number of pyridine rings is 1. The second-order valence-corrected chi connectivity index (χ2v) is 5.26. The maximum absolute atomic E-state index is 12.5. The van der Waals surface area contributed by atoms with Crippen molar-refractivity contribution in [2.75, 3.05) is 13.1 Å². The Morgan fingerprint density at radius 1 is 1.53 bits per heavy atom. The molecule has 104 valence electrons. The maximum Gasteiger partial charge on any atom is 0.263 e. The predicted molar refractivity (Wildman–Crippen MR) is 74.0 cm³/mol. The highest BCUT2D eigenvalue weighted by Crippen LogP contribution is 2.23. The molecule has 1 aliphatic heterocycles. The first-order valence-corrected chi connectivity index (χ1v) is 6.73. The number of carbonyl (C=O) groups excluding carboxylic acids is 1. The standard InChI is InChI=1S/C14H21N3O2/c1-10-5-3-8-17(12(10)9-15)14(19)11-6-4-7-16(2)13(11)18/h4,6-7,10,12H,3,5,8-9,15H2,1-2H3/t10-,12-/m1/s1. The molecule has 1 saturated heterocycles. The van der Waals surface area contributed by atoms with Crippen LogP contribution in [0.5, 0.6) is 0 Å². The number of rotatable bonds is 2. The molecule has 2 N–H and O–H groups in total. The Balaban J connectivity index is 2.32. The molecule has 1 fully saturated rings. The molecule has 1 aliphatic rings. The molecule has 0 bridgehead atoms. The summed E-state index contributed by atoms with van der Waals surface area (Å²) in [5.74, 6) is 0.193. The van der Waals surface area contributed by atoms with Crippen LogP contribution < -0.4 is 11.3 Å². The van der Waals surface area contributed by atoms with Crippen molar-refractivity contribution in [3.8, 4) is 0 Å². The highest BCUT2D eigenvalue weighted by atomic mass is 16.2. The van der Waals surface area contributed by atoms with E-state index in [1.807, 2.05) is 0 Å². The third-order valence-electron chi connectivity index (χ3n) is 3.97. The molecule has 1 aromatic rings. The third-order valence-corrected chi connectivity index (χ3v) is 3.97. The van der Waals surface area contributed by atoms with Crippen molar-refractivity contribution >= 4 is 5.91 Å². The number of hydrogen-bond acceptors (Lipinski definition) is 3. The number of nitrogens with zero attached hydrogens (tertiary/aromatic N) is 2. The summed E-state index contributed by atoms with van der Waals surface area (Å²) in [5.41, 5.74) is 5.78. The molecule has 0 saturated carbocycles. The monoisotopic (exact) mass is 263 g/mol. The number of hydrogen-bond donors (Lipinski definition) is 1. The first kappa shape index (κ1) is 13.8. The van der Waals surface area contributed by atoms with Gasteiger partial charge in [-0.15, -0.1) is 0 Å². The van der Waals surface area contributed by atoms with Gasteiger partial charge in [-0.25, -0.2) is 0 Å². The number of likely N-dealkylation sites (tertiary alicyclic amines) is 1. The average Bonchev–Trinajstić information content (AvgIpc) is 2.41. The lowest BCUT2D eigenvalue weighted by Gasteiger charge is -2.39. The number of nitrogens with two attached hydrogens (primary N) is 1. The highest BCUT2D eigenvalue weighted by molar-refractivity contribution is 5.94. The summed E-state index contributed by atoms with van der Waals surface area (Å²) < 4.78 is 1.43. The van der Waals surface area contributed by atoms with Crippen molar-refractivity contribution in [1.82, 2.24) is 9.47 Å². The number of piperidine rings is 1. The molecule has 5 nitrogen and oxygen atoms in total.